The Morgan fingerprint density at radius 2 is 2.00 bits per heavy atom. The number of rotatable bonds is 4. The maximum Gasteiger partial charge on any atom is 0.242 e. The zero-order valence-electron chi connectivity index (χ0n) is 13.2. The highest BCUT2D eigenvalue weighted by molar-refractivity contribution is 5.89. The Labute approximate surface area is 121 Å². The van der Waals surface area contributed by atoms with Gasteiger partial charge >= 0.3 is 0 Å². The molecule has 2 amide bonds. The molecule has 0 aliphatic heterocycles. The van der Waals surface area contributed by atoms with Gasteiger partial charge in [0.05, 0.1) is 6.61 Å². The quantitative estimate of drug-likeness (QED) is 0.726. The third kappa shape index (κ3) is 3.95. The summed E-state index contributed by atoms with van der Waals surface area (Å²) in [6.45, 7) is 9.18. The number of amides is 2. The van der Waals surface area contributed by atoms with Crippen molar-refractivity contribution in [3.63, 3.8) is 0 Å². The van der Waals surface area contributed by atoms with Gasteiger partial charge in [0.2, 0.25) is 11.8 Å². The average Bonchev–Trinajstić information content (AvgIpc) is 2.70. The van der Waals surface area contributed by atoms with Crippen molar-refractivity contribution in [2.45, 2.75) is 66.0 Å². The largest absolute Gasteiger partial charge is 0.396 e. The fourth-order valence-corrected chi connectivity index (χ4v) is 2.44. The molecule has 0 spiro atoms. The van der Waals surface area contributed by atoms with Crippen LogP contribution in [0.5, 0.6) is 0 Å². The highest BCUT2D eigenvalue weighted by atomic mass is 16.3. The fourth-order valence-electron chi connectivity index (χ4n) is 2.44. The molecule has 0 aromatic heterocycles. The lowest BCUT2D eigenvalue weighted by Gasteiger charge is -2.31. The lowest BCUT2D eigenvalue weighted by atomic mass is 9.85. The van der Waals surface area contributed by atoms with Gasteiger partial charge in [-0.2, -0.15) is 0 Å². The molecule has 3 N–H and O–H groups in total. The molecule has 0 heterocycles. The van der Waals surface area contributed by atoms with E-state index in [0.29, 0.717) is 0 Å². The molecule has 3 atom stereocenters. The number of nitrogens with one attached hydrogen (secondary N) is 2. The van der Waals surface area contributed by atoms with Crippen LogP contribution in [0.25, 0.3) is 0 Å². The SMILES string of the molecule is CC(NC(=O)C(C)(C)C)C(=O)NC1CCCC1(C)CO. The van der Waals surface area contributed by atoms with E-state index in [1.54, 1.807) is 6.92 Å². The van der Waals surface area contributed by atoms with Gasteiger partial charge in [-0.15, -0.1) is 0 Å². The Hall–Kier alpha value is -1.10. The summed E-state index contributed by atoms with van der Waals surface area (Å²) in [5.41, 5.74) is -0.759. The number of hydrogen-bond donors (Lipinski definition) is 3. The predicted octanol–water partition coefficient (Wildman–Crippen LogP) is 1.20. The van der Waals surface area contributed by atoms with Crippen LogP contribution in [-0.4, -0.2) is 35.6 Å². The van der Waals surface area contributed by atoms with E-state index >= 15 is 0 Å². The van der Waals surface area contributed by atoms with Gasteiger partial charge in [-0.25, -0.2) is 0 Å². The number of carbonyl (C=O) groups is 2. The zero-order chi connectivity index (χ0) is 15.6. The molecular formula is C15H28N2O3. The van der Waals surface area contributed by atoms with Crippen LogP contribution in [0.4, 0.5) is 0 Å². The molecule has 1 fully saturated rings. The molecule has 1 aliphatic carbocycles. The Morgan fingerprint density at radius 3 is 2.50 bits per heavy atom. The summed E-state index contributed by atoms with van der Waals surface area (Å²) in [6, 6.07) is -0.584. The number of hydrogen-bond acceptors (Lipinski definition) is 3. The van der Waals surface area contributed by atoms with Gasteiger partial charge in [-0.1, -0.05) is 34.1 Å². The van der Waals surface area contributed by atoms with Gasteiger partial charge in [0.15, 0.2) is 0 Å². The summed E-state index contributed by atoms with van der Waals surface area (Å²) in [6.07, 6.45) is 2.80. The van der Waals surface area contributed by atoms with E-state index in [9.17, 15) is 14.7 Å². The number of aliphatic hydroxyl groups excluding tert-OH is 1. The van der Waals surface area contributed by atoms with Gasteiger partial charge < -0.3 is 15.7 Å². The first-order chi connectivity index (χ1) is 9.10. The average molecular weight is 284 g/mol. The molecule has 5 heteroatoms. The third-order valence-corrected chi connectivity index (χ3v) is 4.18. The molecule has 0 saturated heterocycles. The minimum Gasteiger partial charge on any atom is -0.396 e. The molecule has 0 aromatic carbocycles. The maximum atomic E-state index is 12.2. The van der Waals surface area contributed by atoms with Crippen LogP contribution in [0.1, 0.15) is 53.9 Å². The highest BCUT2D eigenvalue weighted by Crippen LogP contribution is 2.37. The van der Waals surface area contributed by atoms with Crippen LogP contribution in [0.2, 0.25) is 0 Å². The maximum absolute atomic E-state index is 12.2. The van der Waals surface area contributed by atoms with Gasteiger partial charge in [0.25, 0.3) is 0 Å². The van der Waals surface area contributed by atoms with Gasteiger partial charge in [0, 0.05) is 16.9 Å². The molecule has 1 saturated carbocycles. The van der Waals surface area contributed by atoms with Gasteiger partial charge in [0.1, 0.15) is 6.04 Å². The summed E-state index contributed by atoms with van der Waals surface area (Å²) in [5.74, 6) is -0.328. The van der Waals surface area contributed by atoms with E-state index in [4.69, 9.17) is 0 Å². The Bertz CT molecular complexity index is 376. The van der Waals surface area contributed by atoms with Crippen LogP contribution < -0.4 is 10.6 Å². The van der Waals surface area contributed by atoms with Crippen molar-refractivity contribution in [2.24, 2.45) is 10.8 Å². The first kappa shape index (κ1) is 17.0. The topological polar surface area (TPSA) is 78.4 Å². The van der Waals surface area contributed by atoms with Crippen LogP contribution in [0, 0.1) is 10.8 Å². The van der Waals surface area contributed by atoms with E-state index in [1.165, 1.54) is 0 Å². The number of carbonyl (C=O) groups excluding carboxylic acids is 2. The van der Waals surface area contributed by atoms with Crippen molar-refractivity contribution in [3.05, 3.63) is 0 Å². The molecule has 3 unspecified atom stereocenters. The first-order valence-corrected chi connectivity index (χ1v) is 7.32. The Morgan fingerprint density at radius 1 is 1.40 bits per heavy atom. The van der Waals surface area contributed by atoms with Crippen molar-refractivity contribution in [1.29, 1.82) is 0 Å². The summed E-state index contributed by atoms with van der Waals surface area (Å²) < 4.78 is 0. The van der Waals surface area contributed by atoms with E-state index in [1.807, 2.05) is 27.7 Å². The highest BCUT2D eigenvalue weighted by Gasteiger charge is 2.39. The smallest absolute Gasteiger partial charge is 0.242 e. The van der Waals surface area contributed by atoms with Crippen molar-refractivity contribution in [2.75, 3.05) is 6.61 Å². The molecule has 1 rings (SSSR count). The van der Waals surface area contributed by atoms with Crippen molar-refractivity contribution in [1.82, 2.24) is 10.6 Å². The third-order valence-electron chi connectivity index (χ3n) is 4.18. The van der Waals surface area contributed by atoms with Gasteiger partial charge in [-0.3, -0.25) is 9.59 Å². The zero-order valence-corrected chi connectivity index (χ0v) is 13.2. The number of aliphatic hydroxyl groups is 1. The minimum absolute atomic E-state index is 0.0195. The second kappa shape index (κ2) is 6.12. The van der Waals surface area contributed by atoms with Crippen LogP contribution in [0.3, 0.4) is 0 Å². The fraction of sp³-hybridized carbons (Fsp3) is 0.867. The normalized spacial score (nSPS) is 28.0. The van der Waals surface area contributed by atoms with Crippen LogP contribution in [-0.2, 0) is 9.59 Å². The van der Waals surface area contributed by atoms with E-state index in [0.717, 1.165) is 19.3 Å². The first-order valence-electron chi connectivity index (χ1n) is 7.32. The molecule has 5 nitrogen and oxygen atoms in total. The van der Waals surface area contributed by atoms with Crippen molar-refractivity contribution >= 4 is 11.8 Å². The summed E-state index contributed by atoms with van der Waals surface area (Å²) in [7, 11) is 0. The lowest BCUT2D eigenvalue weighted by molar-refractivity contribution is -0.133. The van der Waals surface area contributed by atoms with E-state index in [2.05, 4.69) is 10.6 Å². The molecule has 0 radical (unpaired) electrons. The minimum atomic E-state index is -0.565. The van der Waals surface area contributed by atoms with E-state index in [-0.39, 0.29) is 29.9 Å². The Balaban J connectivity index is 2.56. The molecule has 1 aliphatic rings. The Kier molecular flexibility index (Phi) is 5.19. The predicted molar refractivity (Wildman–Crippen MR) is 78.0 cm³/mol. The molecule has 0 bridgehead atoms. The molecule has 20 heavy (non-hydrogen) atoms. The summed E-state index contributed by atoms with van der Waals surface area (Å²) in [5, 5.41) is 15.2. The second-order valence-corrected chi connectivity index (χ2v) is 7.21. The summed E-state index contributed by atoms with van der Waals surface area (Å²) >= 11 is 0. The van der Waals surface area contributed by atoms with Crippen molar-refractivity contribution in [3.8, 4) is 0 Å². The van der Waals surface area contributed by atoms with Gasteiger partial charge in [-0.05, 0) is 19.8 Å². The lowest BCUT2D eigenvalue weighted by Crippen LogP contribution is -2.53. The van der Waals surface area contributed by atoms with Crippen molar-refractivity contribution < 1.29 is 14.7 Å². The molecule has 116 valence electrons. The molecular weight excluding hydrogens is 256 g/mol. The molecule has 0 aromatic rings. The standard InChI is InChI=1S/C15H28N2O3/c1-10(16-13(20)14(2,3)4)12(19)17-11-7-6-8-15(11,5)9-18/h10-11,18H,6-9H2,1-5H3,(H,16,20)(H,17,19). The van der Waals surface area contributed by atoms with Crippen LogP contribution >= 0.6 is 0 Å². The monoisotopic (exact) mass is 284 g/mol. The van der Waals surface area contributed by atoms with E-state index < -0.39 is 11.5 Å². The van der Waals surface area contributed by atoms with Crippen LogP contribution in [0.15, 0.2) is 0 Å². The second-order valence-electron chi connectivity index (χ2n) is 7.21. The summed E-state index contributed by atoms with van der Waals surface area (Å²) in [4.78, 5) is 24.0.